The highest BCUT2D eigenvalue weighted by molar-refractivity contribution is 5.77. The topological polar surface area (TPSA) is 130 Å². The average Bonchev–Trinajstić information content (AvgIpc) is 3.32. The number of aromatic nitrogens is 3. The Bertz CT molecular complexity index is 720. The van der Waals surface area contributed by atoms with Crippen LogP contribution in [0.5, 0.6) is 0 Å². The van der Waals surface area contributed by atoms with E-state index in [2.05, 4.69) is 20.3 Å². The summed E-state index contributed by atoms with van der Waals surface area (Å²) in [6, 6.07) is 0.622. The number of carbonyl (C=O) groups is 3. The molecule has 4 rings (SSSR count). The number of carbonyl (C=O) groups excluding carboxylic acids is 2. The molecule has 32 heavy (non-hydrogen) atoms. The first-order chi connectivity index (χ1) is 15.6. The number of likely N-dealkylation sites (tertiary alicyclic amines) is 1. The molecule has 11 heteroatoms. The highest BCUT2D eigenvalue weighted by Crippen LogP contribution is 2.35. The van der Waals surface area contributed by atoms with Gasteiger partial charge in [-0.3, -0.25) is 24.0 Å². The number of carboxylic acid groups (broad SMARTS) is 1. The molecule has 1 aromatic rings. The van der Waals surface area contributed by atoms with Crippen LogP contribution in [0.3, 0.4) is 0 Å². The Kier molecular flexibility index (Phi) is 9.42. The maximum Gasteiger partial charge on any atom is 0.290 e. The molecule has 0 radical (unpaired) electrons. The molecule has 178 valence electrons. The van der Waals surface area contributed by atoms with Crippen LogP contribution in [-0.4, -0.2) is 99.4 Å². The van der Waals surface area contributed by atoms with Gasteiger partial charge in [0.1, 0.15) is 12.7 Å². The predicted molar refractivity (Wildman–Crippen MR) is 115 cm³/mol. The highest BCUT2D eigenvalue weighted by atomic mass is 16.5. The van der Waals surface area contributed by atoms with E-state index < -0.39 is 0 Å². The number of rotatable bonds is 9. The van der Waals surface area contributed by atoms with E-state index in [9.17, 15) is 9.59 Å². The van der Waals surface area contributed by atoms with Crippen LogP contribution in [-0.2, 0) is 25.7 Å². The first-order valence-electron chi connectivity index (χ1n) is 11.4. The van der Waals surface area contributed by atoms with Gasteiger partial charge in [-0.1, -0.05) is 0 Å². The molecule has 2 aliphatic heterocycles. The Balaban J connectivity index is 0.000000913. The lowest BCUT2D eigenvalue weighted by Gasteiger charge is -2.33. The van der Waals surface area contributed by atoms with Gasteiger partial charge < -0.3 is 20.1 Å². The Labute approximate surface area is 188 Å². The monoisotopic (exact) mass is 450 g/mol. The fourth-order valence-corrected chi connectivity index (χ4v) is 4.38. The first kappa shape index (κ1) is 24.1. The van der Waals surface area contributed by atoms with Gasteiger partial charge in [-0.25, -0.2) is 4.98 Å². The van der Waals surface area contributed by atoms with Gasteiger partial charge in [-0.05, 0) is 31.6 Å². The first-order valence-corrected chi connectivity index (χ1v) is 11.4. The van der Waals surface area contributed by atoms with Gasteiger partial charge in [-0.2, -0.15) is 5.10 Å². The second-order valence-corrected chi connectivity index (χ2v) is 8.54. The summed E-state index contributed by atoms with van der Waals surface area (Å²) in [6.45, 7) is 4.71. The molecule has 3 aliphatic rings. The van der Waals surface area contributed by atoms with Crippen molar-refractivity contribution in [3.05, 3.63) is 12.7 Å². The van der Waals surface area contributed by atoms with E-state index in [0.717, 1.165) is 25.3 Å². The van der Waals surface area contributed by atoms with E-state index in [1.165, 1.54) is 19.2 Å². The number of morpholine rings is 1. The van der Waals surface area contributed by atoms with Crippen molar-refractivity contribution in [3.8, 4) is 0 Å². The van der Waals surface area contributed by atoms with Crippen LogP contribution in [0.2, 0.25) is 0 Å². The van der Waals surface area contributed by atoms with Crippen molar-refractivity contribution in [2.45, 2.75) is 57.2 Å². The van der Waals surface area contributed by atoms with E-state index in [4.69, 9.17) is 14.6 Å². The van der Waals surface area contributed by atoms with Crippen molar-refractivity contribution in [2.75, 3.05) is 39.4 Å². The molecular weight excluding hydrogens is 416 g/mol. The Morgan fingerprint density at radius 3 is 2.53 bits per heavy atom. The number of nitrogens with one attached hydrogen (secondary N) is 1. The van der Waals surface area contributed by atoms with Crippen molar-refractivity contribution >= 4 is 18.3 Å². The highest BCUT2D eigenvalue weighted by Gasteiger charge is 2.38. The Morgan fingerprint density at radius 1 is 1.16 bits per heavy atom. The van der Waals surface area contributed by atoms with Gasteiger partial charge >= 0.3 is 0 Å². The maximum atomic E-state index is 12.7. The van der Waals surface area contributed by atoms with E-state index in [-0.39, 0.29) is 18.3 Å². The van der Waals surface area contributed by atoms with Crippen molar-refractivity contribution in [3.63, 3.8) is 0 Å². The van der Waals surface area contributed by atoms with Crippen LogP contribution < -0.4 is 5.32 Å². The minimum absolute atomic E-state index is 0.0414. The molecule has 2 N–H and O–H groups in total. The number of nitrogens with zero attached hydrogens (tertiary/aromatic N) is 5. The summed E-state index contributed by atoms with van der Waals surface area (Å²) < 4.78 is 7.03. The third-order valence-corrected chi connectivity index (χ3v) is 6.28. The summed E-state index contributed by atoms with van der Waals surface area (Å²) in [7, 11) is 0. The van der Waals surface area contributed by atoms with Crippen molar-refractivity contribution in [1.29, 1.82) is 0 Å². The molecule has 0 spiro atoms. The summed E-state index contributed by atoms with van der Waals surface area (Å²) in [6.07, 6.45) is 8.73. The van der Waals surface area contributed by atoms with Gasteiger partial charge in [0.25, 0.3) is 6.47 Å². The van der Waals surface area contributed by atoms with E-state index in [0.29, 0.717) is 64.3 Å². The van der Waals surface area contributed by atoms with Crippen LogP contribution in [0.15, 0.2) is 12.7 Å². The lowest BCUT2D eigenvalue weighted by Crippen LogP contribution is -2.47. The van der Waals surface area contributed by atoms with Gasteiger partial charge in [0.05, 0.1) is 19.8 Å². The number of ether oxygens (including phenoxy) is 1. The molecule has 2 atom stereocenters. The predicted octanol–water partition coefficient (Wildman–Crippen LogP) is -0.0229. The average molecular weight is 451 g/mol. The van der Waals surface area contributed by atoms with Gasteiger partial charge in [0.15, 0.2) is 0 Å². The summed E-state index contributed by atoms with van der Waals surface area (Å²) in [4.78, 5) is 41.7. The summed E-state index contributed by atoms with van der Waals surface area (Å²) >= 11 is 0. The van der Waals surface area contributed by atoms with Crippen LogP contribution in [0.25, 0.3) is 0 Å². The Morgan fingerprint density at radius 2 is 1.88 bits per heavy atom. The minimum atomic E-state index is -0.250. The number of hydrogen-bond donors (Lipinski definition) is 2. The summed E-state index contributed by atoms with van der Waals surface area (Å²) in [5.74, 6) is 1.05. The van der Waals surface area contributed by atoms with Crippen LogP contribution in [0, 0.1) is 5.92 Å². The quantitative estimate of drug-likeness (QED) is 0.502. The minimum Gasteiger partial charge on any atom is -0.483 e. The normalized spacial score (nSPS) is 23.3. The lowest BCUT2D eigenvalue weighted by atomic mass is 10.1. The smallest absolute Gasteiger partial charge is 0.290 e. The fourth-order valence-electron chi connectivity index (χ4n) is 4.38. The second kappa shape index (κ2) is 12.5. The molecule has 2 amide bonds. The molecular formula is C21H34N6O5. The summed E-state index contributed by atoms with van der Waals surface area (Å²) in [5.41, 5.74) is 0. The third-order valence-electron chi connectivity index (χ3n) is 6.28. The Hall–Kier alpha value is -2.53. The van der Waals surface area contributed by atoms with E-state index in [1.54, 1.807) is 11.0 Å². The second-order valence-electron chi connectivity index (χ2n) is 8.54. The number of hydrogen-bond acceptors (Lipinski definition) is 7. The molecule has 0 aromatic carbocycles. The van der Waals surface area contributed by atoms with E-state index >= 15 is 0 Å². The van der Waals surface area contributed by atoms with Crippen molar-refractivity contribution in [2.24, 2.45) is 5.92 Å². The molecule has 11 nitrogen and oxygen atoms in total. The molecule has 0 unspecified atom stereocenters. The SMILES string of the molecule is O=C(CCn1cncn1)NC[C@@H]1CC[C@H](CC(=O)N2CCOCC2)N1CC1CC1.O=CO. The van der Waals surface area contributed by atoms with Crippen LogP contribution in [0.1, 0.15) is 38.5 Å². The number of amides is 2. The molecule has 2 saturated heterocycles. The summed E-state index contributed by atoms with van der Waals surface area (Å²) in [5, 5.41) is 14.0. The van der Waals surface area contributed by atoms with Crippen LogP contribution in [0.4, 0.5) is 0 Å². The zero-order chi connectivity index (χ0) is 22.8. The third kappa shape index (κ3) is 7.56. The van der Waals surface area contributed by atoms with Gasteiger partial charge in [0.2, 0.25) is 11.8 Å². The standard InChI is InChI=1S/C20H32N6O3.CH2O2/c27-19(5-6-25-15-21-14-23-25)22-12-18-4-3-17(26(18)13-16-1-2-16)11-20(28)24-7-9-29-10-8-24;2-1-3/h14-18H,1-13H2,(H,22,27);1H,(H,2,3)/t17-,18+;/m1./s1. The number of aryl methyl sites for hydroxylation is 1. The maximum absolute atomic E-state index is 12.7. The van der Waals surface area contributed by atoms with Crippen molar-refractivity contribution in [1.82, 2.24) is 29.9 Å². The van der Waals surface area contributed by atoms with Gasteiger partial charge in [0, 0.05) is 51.1 Å². The molecule has 0 bridgehead atoms. The van der Waals surface area contributed by atoms with Crippen LogP contribution >= 0.6 is 0 Å². The van der Waals surface area contributed by atoms with E-state index in [1.807, 2.05) is 4.90 Å². The van der Waals surface area contributed by atoms with Gasteiger partial charge in [-0.15, -0.1) is 0 Å². The molecule has 3 heterocycles. The molecule has 1 aliphatic carbocycles. The fraction of sp³-hybridized carbons (Fsp3) is 0.762. The zero-order valence-electron chi connectivity index (χ0n) is 18.5. The van der Waals surface area contributed by atoms with Crippen molar-refractivity contribution < 1.29 is 24.2 Å². The molecule has 1 saturated carbocycles. The lowest BCUT2D eigenvalue weighted by molar-refractivity contribution is -0.136. The molecule has 1 aromatic heterocycles. The largest absolute Gasteiger partial charge is 0.483 e. The molecule has 3 fully saturated rings. The zero-order valence-corrected chi connectivity index (χ0v) is 18.5.